The number of rotatable bonds is 8. The van der Waals surface area contributed by atoms with Gasteiger partial charge in [0.25, 0.3) is 17.5 Å². The van der Waals surface area contributed by atoms with Gasteiger partial charge >= 0.3 is 0 Å². The number of thiocarbonyl (C=S) groups is 1. The van der Waals surface area contributed by atoms with E-state index < -0.39 is 16.7 Å². The van der Waals surface area contributed by atoms with E-state index in [-0.39, 0.29) is 30.1 Å². The summed E-state index contributed by atoms with van der Waals surface area (Å²) in [4.78, 5) is 48.7. The molecule has 0 aromatic heterocycles. The Balaban J connectivity index is 1.42. The summed E-state index contributed by atoms with van der Waals surface area (Å²) in [6.07, 6.45) is 5.81. The SMILES string of the molecule is O=C(CCCN1C(=O)/C(=C/C=C/c2ccccc2)SC1=S)NNC(=O)c1ccc([N+](=O)[O-])cc1. The molecule has 0 atom stereocenters. The van der Waals surface area contributed by atoms with E-state index in [4.69, 9.17) is 12.2 Å². The number of thioether (sulfide) groups is 1. The molecule has 1 saturated heterocycles. The van der Waals surface area contributed by atoms with Crippen LogP contribution in [0, 0.1) is 10.1 Å². The monoisotopic (exact) mass is 496 g/mol. The zero-order chi connectivity index (χ0) is 24.5. The van der Waals surface area contributed by atoms with Crippen LogP contribution in [0.15, 0.2) is 71.7 Å². The lowest BCUT2D eigenvalue weighted by Crippen LogP contribution is -2.41. The van der Waals surface area contributed by atoms with E-state index in [2.05, 4.69) is 10.9 Å². The van der Waals surface area contributed by atoms with Crippen LogP contribution in [0.1, 0.15) is 28.8 Å². The van der Waals surface area contributed by atoms with Crippen molar-refractivity contribution in [3.05, 3.63) is 92.9 Å². The smallest absolute Gasteiger partial charge is 0.269 e. The number of hydrogen-bond acceptors (Lipinski definition) is 7. The van der Waals surface area contributed by atoms with E-state index in [9.17, 15) is 24.5 Å². The Labute approximate surface area is 205 Å². The van der Waals surface area contributed by atoms with E-state index in [0.717, 1.165) is 5.56 Å². The molecular weight excluding hydrogens is 476 g/mol. The molecule has 174 valence electrons. The van der Waals surface area contributed by atoms with E-state index in [1.807, 2.05) is 36.4 Å². The van der Waals surface area contributed by atoms with Crippen LogP contribution in [0.3, 0.4) is 0 Å². The highest BCUT2D eigenvalue weighted by molar-refractivity contribution is 8.26. The van der Waals surface area contributed by atoms with Gasteiger partial charge in [0.1, 0.15) is 4.32 Å². The fraction of sp³-hybridized carbons (Fsp3) is 0.130. The molecule has 11 heteroatoms. The molecule has 2 N–H and O–H groups in total. The largest absolute Gasteiger partial charge is 0.293 e. The van der Waals surface area contributed by atoms with E-state index in [0.29, 0.717) is 15.6 Å². The molecule has 3 rings (SSSR count). The third kappa shape index (κ3) is 6.83. The Bertz CT molecular complexity index is 1160. The first-order valence-corrected chi connectivity index (χ1v) is 11.4. The van der Waals surface area contributed by atoms with Gasteiger partial charge in [-0.1, -0.05) is 66.5 Å². The van der Waals surface area contributed by atoms with Crippen LogP contribution >= 0.6 is 24.0 Å². The molecule has 1 heterocycles. The molecule has 1 fully saturated rings. The Morgan fingerprint density at radius 3 is 2.47 bits per heavy atom. The fourth-order valence-electron chi connectivity index (χ4n) is 2.91. The molecule has 0 bridgehead atoms. The highest BCUT2D eigenvalue weighted by Gasteiger charge is 2.31. The van der Waals surface area contributed by atoms with Gasteiger partial charge in [-0.05, 0) is 30.2 Å². The van der Waals surface area contributed by atoms with Crippen molar-refractivity contribution in [1.82, 2.24) is 15.8 Å². The number of allylic oxidation sites excluding steroid dienone is 2. The number of hydrazine groups is 1. The van der Waals surface area contributed by atoms with Gasteiger partial charge in [0.05, 0.1) is 9.83 Å². The standard InChI is InChI=1S/C23H20N4O5S2/c28-20(24-25-21(29)17-11-13-18(14-12-17)27(31)32)10-5-15-26-22(30)19(34-23(26)33)9-4-8-16-6-2-1-3-7-16/h1-4,6-9,11-14H,5,10,15H2,(H,24,28)(H,25,29)/b8-4+,19-9-. The highest BCUT2D eigenvalue weighted by atomic mass is 32.2. The Morgan fingerprint density at radius 1 is 1.09 bits per heavy atom. The summed E-state index contributed by atoms with van der Waals surface area (Å²) in [5.74, 6) is -1.25. The summed E-state index contributed by atoms with van der Waals surface area (Å²) in [7, 11) is 0. The first-order valence-electron chi connectivity index (χ1n) is 10.2. The van der Waals surface area contributed by atoms with Gasteiger partial charge in [0, 0.05) is 30.7 Å². The molecule has 34 heavy (non-hydrogen) atoms. The second-order valence-corrected chi connectivity index (χ2v) is 8.71. The van der Waals surface area contributed by atoms with Crippen molar-refractivity contribution in [3.63, 3.8) is 0 Å². The van der Waals surface area contributed by atoms with Crippen LogP contribution in [0.5, 0.6) is 0 Å². The minimum Gasteiger partial charge on any atom is -0.293 e. The molecule has 1 aliphatic rings. The number of nitrogens with one attached hydrogen (secondary N) is 2. The molecule has 2 aromatic carbocycles. The first-order chi connectivity index (χ1) is 16.3. The molecule has 2 aromatic rings. The van der Waals surface area contributed by atoms with Gasteiger partial charge in [-0.15, -0.1) is 0 Å². The summed E-state index contributed by atoms with van der Waals surface area (Å²) < 4.78 is 0.427. The molecule has 0 spiro atoms. The molecule has 0 radical (unpaired) electrons. The predicted octanol–water partition coefficient (Wildman–Crippen LogP) is 3.59. The second-order valence-electron chi connectivity index (χ2n) is 7.04. The topological polar surface area (TPSA) is 122 Å². The number of nitro benzene ring substituents is 1. The van der Waals surface area contributed by atoms with Crippen LogP contribution in [0.4, 0.5) is 5.69 Å². The van der Waals surface area contributed by atoms with E-state index >= 15 is 0 Å². The van der Waals surface area contributed by atoms with Crippen molar-refractivity contribution in [2.75, 3.05) is 6.54 Å². The summed E-state index contributed by atoms with van der Waals surface area (Å²) in [6.45, 7) is 0.272. The van der Waals surface area contributed by atoms with Gasteiger partial charge in [-0.25, -0.2) is 0 Å². The normalized spacial score (nSPS) is 14.6. The van der Waals surface area contributed by atoms with Gasteiger partial charge in [-0.2, -0.15) is 0 Å². The molecule has 3 amide bonds. The van der Waals surface area contributed by atoms with Crippen molar-refractivity contribution < 1.29 is 19.3 Å². The number of benzene rings is 2. The number of carbonyl (C=O) groups is 3. The number of non-ortho nitro benzene ring substituents is 1. The van der Waals surface area contributed by atoms with Crippen LogP contribution in [0.2, 0.25) is 0 Å². The fourth-order valence-corrected chi connectivity index (χ4v) is 4.17. The molecule has 0 unspecified atom stereocenters. The number of amides is 3. The highest BCUT2D eigenvalue weighted by Crippen LogP contribution is 2.31. The van der Waals surface area contributed by atoms with Crippen LogP contribution in [-0.2, 0) is 9.59 Å². The molecule has 9 nitrogen and oxygen atoms in total. The van der Waals surface area contributed by atoms with Crippen molar-refractivity contribution in [3.8, 4) is 0 Å². The Morgan fingerprint density at radius 2 is 1.79 bits per heavy atom. The van der Waals surface area contributed by atoms with Gasteiger partial charge < -0.3 is 0 Å². The van der Waals surface area contributed by atoms with Crippen molar-refractivity contribution in [1.29, 1.82) is 0 Å². The summed E-state index contributed by atoms with van der Waals surface area (Å²) in [5, 5.41) is 10.7. The zero-order valence-electron chi connectivity index (χ0n) is 17.8. The third-order valence-corrected chi connectivity index (χ3v) is 6.05. The van der Waals surface area contributed by atoms with E-state index in [1.165, 1.54) is 40.9 Å². The molecular formula is C23H20N4O5S2. The number of nitro groups is 1. The molecule has 0 aliphatic carbocycles. The van der Waals surface area contributed by atoms with Gasteiger partial charge in [-0.3, -0.25) is 40.2 Å². The maximum absolute atomic E-state index is 12.6. The average molecular weight is 497 g/mol. The summed E-state index contributed by atoms with van der Waals surface area (Å²) in [6, 6.07) is 14.7. The Hall–Kier alpha value is -3.83. The van der Waals surface area contributed by atoms with Crippen molar-refractivity contribution in [2.24, 2.45) is 0 Å². The van der Waals surface area contributed by atoms with Crippen molar-refractivity contribution in [2.45, 2.75) is 12.8 Å². The predicted molar refractivity (Wildman–Crippen MR) is 133 cm³/mol. The first kappa shape index (κ1) is 24.8. The summed E-state index contributed by atoms with van der Waals surface area (Å²) in [5.41, 5.74) is 5.57. The quantitative estimate of drug-likeness (QED) is 0.248. The minimum absolute atomic E-state index is 0.0601. The van der Waals surface area contributed by atoms with Crippen LogP contribution < -0.4 is 10.9 Å². The average Bonchev–Trinajstić information content (AvgIpc) is 3.10. The van der Waals surface area contributed by atoms with Gasteiger partial charge in [0.15, 0.2) is 0 Å². The molecule has 0 saturated carbocycles. The lowest BCUT2D eigenvalue weighted by Gasteiger charge is -2.14. The van der Waals surface area contributed by atoms with Crippen LogP contribution in [0.25, 0.3) is 6.08 Å². The minimum atomic E-state index is -0.603. The van der Waals surface area contributed by atoms with Crippen molar-refractivity contribution >= 4 is 57.8 Å². The maximum atomic E-state index is 12.6. The number of nitrogens with zero attached hydrogens (tertiary/aromatic N) is 2. The lowest BCUT2D eigenvalue weighted by molar-refractivity contribution is -0.384. The third-order valence-electron chi connectivity index (χ3n) is 4.65. The molecule has 1 aliphatic heterocycles. The van der Waals surface area contributed by atoms with E-state index in [1.54, 1.807) is 12.2 Å². The van der Waals surface area contributed by atoms with Crippen LogP contribution in [-0.4, -0.2) is 38.4 Å². The zero-order valence-corrected chi connectivity index (χ0v) is 19.4. The maximum Gasteiger partial charge on any atom is 0.269 e. The summed E-state index contributed by atoms with van der Waals surface area (Å²) >= 11 is 6.49. The number of carbonyl (C=O) groups excluding carboxylic acids is 3. The lowest BCUT2D eigenvalue weighted by atomic mass is 10.2. The second kappa shape index (κ2) is 11.9. The van der Waals surface area contributed by atoms with Gasteiger partial charge in [0.2, 0.25) is 5.91 Å². The number of hydrogen-bond donors (Lipinski definition) is 2. The Kier molecular flexibility index (Phi) is 8.66.